The van der Waals surface area contributed by atoms with Crippen LogP contribution in [0.1, 0.15) is 26.3 Å². The van der Waals surface area contributed by atoms with Crippen LogP contribution in [0.3, 0.4) is 0 Å². The number of amides is 1. The number of nitrogens with one attached hydrogen (secondary N) is 1. The van der Waals surface area contributed by atoms with Gasteiger partial charge >= 0.3 is 11.9 Å². The zero-order valence-electron chi connectivity index (χ0n) is 16.7. The maximum atomic E-state index is 14.5. The molecule has 7 nitrogen and oxygen atoms in total. The van der Waals surface area contributed by atoms with Crippen LogP contribution in [0.4, 0.5) is 4.39 Å². The molecule has 3 rings (SSSR count). The Hall–Kier alpha value is -4.04. The van der Waals surface area contributed by atoms with E-state index in [1.807, 2.05) is 0 Å². The van der Waals surface area contributed by atoms with E-state index >= 15 is 0 Å². The fraction of sp³-hybridized carbons (Fsp3) is 0.125. The summed E-state index contributed by atoms with van der Waals surface area (Å²) >= 11 is 0. The second-order valence-electron chi connectivity index (χ2n) is 7.10. The molecule has 4 N–H and O–H groups in total. The zero-order valence-corrected chi connectivity index (χ0v) is 16.7. The molecule has 0 aliphatic heterocycles. The first kappa shape index (κ1) is 22.6. The lowest BCUT2D eigenvalue weighted by Gasteiger charge is -2.22. The van der Waals surface area contributed by atoms with Crippen molar-refractivity contribution in [3.63, 3.8) is 0 Å². The Kier molecular flexibility index (Phi) is 6.97. The number of hydrogen-bond acceptors (Lipinski definition) is 4. The smallest absolute Gasteiger partial charge is 0.336 e. The molecule has 32 heavy (non-hydrogen) atoms. The Balaban J connectivity index is 1.92. The molecule has 1 amide bonds. The second-order valence-corrected chi connectivity index (χ2v) is 7.10. The number of aliphatic carboxylic acids is 1. The Bertz CT molecular complexity index is 1150. The molecule has 0 radical (unpaired) electrons. The molecule has 164 valence electrons. The van der Waals surface area contributed by atoms with Gasteiger partial charge in [0, 0.05) is 11.1 Å². The SMILES string of the molecule is O=C(NC(Cc1ccccc1)C(O)C(=O)O)c1ccc(F)c(-c2ccccc2C(=O)O)c1. The van der Waals surface area contributed by atoms with Gasteiger partial charge in [-0.1, -0.05) is 48.5 Å². The van der Waals surface area contributed by atoms with E-state index in [1.54, 1.807) is 36.4 Å². The lowest BCUT2D eigenvalue weighted by atomic mass is 9.96. The van der Waals surface area contributed by atoms with E-state index < -0.39 is 35.8 Å². The first-order valence-corrected chi connectivity index (χ1v) is 9.66. The van der Waals surface area contributed by atoms with Crippen molar-refractivity contribution in [2.75, 3.05) is 0 Å². The van der Waals surface area contributed by atoms with E-state index in [4.69, 9.17) is 0 Å². The maximum absolute atomic E-state index is 14.5. The van der Waals surface area contributed by atoms with Crippen molar-refractivity contribution in [2.45, 2.75) is 18.6 Å². The van der Waals surface area contributed by atoms with Gasteiger partial charge in [-0.05, 0) is 41.8 Å². The number of halogens is 1. The summed E-state index contributed by atoms with van der Waals surface area (Å²) in [5.74, 6) is -4.20. The minimum atomic E-state index is -1.87. The molecule has 3 aromatic carbocycles. The summed E-state index contributed by atoms with van der Waals surface area (Å²) in [6, 6.07) is 16.8. The number of benzene rings is 3. The van der Waals surface area contributed by atoms with Crippen LogP contribution >= 0.6 is 0 Å². The number of carboxylic acid groups (broad SMARTS) is 2. The summed E-state index contributed by atoms with van der Waals surface area (Å²) in [7, 11) is 0. The lowest BCUT2D eigenvalue weighted by molar-refractivity contribution is -0.148. The largest absolute Gasteiger partial charge is 0.479 e. The summed E-state index contributed by atoms with van der Waals surface area (Å²) in [5.41, 5.74) is 0.560. The van der Waals surface area contributed by atoms with Crippen LogP contribution in [0.5, 0.6) is 0 Å². The molecule has 0 saturated carbocycles. The molecule has 3 aromatic rings. The van der Waals surface area contributed by atoms with E-state index in [9.17, 15) is 34.1 Å². The zero-order chi connectivity index (χ0) is 23.3. The van der Waals surface area contributed by atoms with E-state index in [0.717, 1.165) is 6.07 Å². The van der Waals surface area contributed by atoms with Crippen LogP contribution in [0.25, 0.3) is 11.1 Å². The van der Waals surface area contributed by atoms with Crippen molar-refractivity contribution in [2.24, 2.45) is 0 Å². The molecule has 2 atom stereocenters. The topological polar surface area (TPSA) is 124 Å². The average molecular weight is 437 g/mol. The first-order chi connectivity index (χ1) is 15.3. The highest BCUT2D eigenvalue weighted by atomic mass is 19.1. The molecular formula is C24H20FNO6. The van der Waals surface area contributed by atoms with Crippen LogP contribution in [-0.2, 0) is 11.2 Å². The van der Waals surface area contributed by atoms with Gasteiger partial charge in [-0.25, -0.2) is 14.0 Å². The molecule has 0 saturated heterocycles. The predicted molar refractivity (Wildman–Crippen MR) is 114 cm³/mol. The molecule has 0 spiro atoms. The fourth-order valence-corrected chi connectivity index (χ4v) is 3.31. The van der Waals surface area contributed by atoms with E-state index in [0.29, 0.717) is 5.56 Å². The Morgan fingerprint density at radius 2 is 1.53 bits per heavy atom. The summed E-state index contributed by atoms with van der Waals surface area (Å²) in [5, 5.41) is 31.2. The number of aromatic carboxylic acids is 1. The molecule has 0 aromatic heterocycles. The summed E-state index contributed by atoms with van der Waals surface area (Å²) in [6.07, 6.45) is -1.82. The lowest BCUT2D eigenvalue weighted by Crippen LogP contribution is -2.48. The van der Waals surface area contributed by atoms with E-state index in [-0.39, 0.29) is 28.7 Å². The maximum Gasteiger partial charge on any atom is 0.336 e. The Morgan fingerprint density at radius 3 is 2.19 bits per heavy atom. The van der Waals surface area contributed by atoms with Gasteiger partial charge in [0.05, 0.1) is 11.6 Å². The standard InChI is InChI=1S/C24H20FNO6/c25-19-11-10-15(13-18(19)16-8-4-5-9-17(16)23(29)30)22(28)26-20(21(27)24(31)32)12-14-6-2-1-3-7-14/h1-11,13,20-21,27H,12H2,(H,26,28)(H,29,30)(H,31,32). The number of carboxylic acids is 2. The van der Waals surface area contributed by atoms with Gasteiger partial charge in [0.2, 0.25) is 0 Å². The third-order valence-electron chi connectivity index (χ3n) is 4.93. The van der Waals surface area contributed by atoms with Gasteiger partial charge in [-0.3, -0.25) is 4.79 Å². The monoisotopic (exact) mass is 437 g/mol. The van der Waals surface area contributed by atoms with Crippen LogP contribution in [0.15, 0.2) is 72.8 Å². The quantitative estimate of drug-likeness (QED) is 0.430. The molecule has 0 heterocycles. The number of rotatable bonds is 8. The molecular weight excluding hydrogens is 417 g/mol. The molecule has 0 fully saturated rings. The minimum absolute atomic E-state index is 0.0164. The van der Waals surface area contributed by atoms with Crippen LogP contribution in [-0.4, -0.2) is 45.3 Å². The number of aliphatic hydroxyl groups is 1. The third-order valence-corrected chi connectivity index (χ3v) is 4.93. The number of carbonyl (C=O) groups is 3. The van der Waals surface area contributed by atoms with E-state index in [2.05, 4.69) is 5.32 Å². The molecule has 0 aliphatic carbocycles. The minimum Gasteiger partial charge on any atom is -0.479 e. The van der Waals surface area contributed by atoms with Crippen molar-refractivity contribution in [3.8, 4) is 11.1 Å². The number of carbonyl (C=O) groups excluding carboxylic acids is 1. The van der Waals surface area contributed by atoms with Gasteiger partial charge in [0.1, 0.15) is 5.82 Å². The van der Waals surface area contributed by atoms with Crippen molar-refractivity contribution < 1.29 is 34.1 Å². The van der Waals surface area contributed by atoms with Crippen molar-refractivity contribution in [1.29, 1.82) is 0 Å². The average Bonchev–Trinajstić information content (AvgIpc) is 2.79. The van der Waals surface area contributed by atoms with Gasteiger partial charge in [0.15, 0.2) is 6.10 Å². The second kappa shape index (κ2) is 9.84. The van der Waals surface area contributed by atoms with Crippen molar-refractivity contribution >= 4 is 17.8 Å². The number of hydrogen-bond donors (Lipinski definition) is 4. The summed E-state index contributed by atoms with van der Waals surface area (Å²) in [4.78, 5) is 35.7. The highest BCUT2D eigenvalue weighted by Gasteiger charge is 2.28. The van der Waals surface area contributed by atoms with Gasteiger partial charge < -0.3 is 20.6 Å². The Morgan fingerprint density at radius 1 is 0.875 bits per heavy atom. The van der Waals surface area contributed by atoms with Crippen molar-refractivity contribution in [1.82, 2.24) is 5.32 Å². The Labute approximate surface area is 182 Å². The van der Waals surface area contributed by atoms with Gasteiger partial charge in [-0.15, -0.1) is 0 Å². The molecule has 8 heteroatoms. The van der Waals surface area contributed by atoms with E-state index in [1.165, 1.54) is 30.3 Å². The predicted octanol–water partition coefficient (Wildman–Crippen LogP) is 2.98. The summed E-state index contributed by atoms with van der Waals surface area (Å²) in [6.45, 7) is 0. The third kappa shape index (κ3) is 5.16. The van der Waals surface area contributed by atoms with Crippen LogP contribution in [0.2, 0.25) is 0 Å². The van der Waals surface area contributed by atoms with Gasteiger partial charge in [0.25, 0.3) is 5.91 Å². The van der Waals surface area contributed by atoms with Crippen LogP contribution < -0.4 is 5.32 Å². The van der Waals surface area contributed by atoms with Gasteiger partial charge in [-0.2, -0.15) is 0 Å². The number of aliphatic hydroxyl groups excluding tert-OH is 1. The fourth-order valence-electron chi connectivity index (χ4n) is 3.31. The highest BCUT2D eigenvalue weighted by Crippen LogP contribution is 2.27. The normalized spacial score (nSPS) is 12.6. The first-order valence-electron chi connectivity index (χ1n) is 9.66. The molecule has 2 unspecified atom stereocenters. The molecule has 0 aliphatic rings. The highest BCUT2D eigenvalue weighted by molar-refractivity contribution is 5.99. The van der Waals surface area contributed by atoms with Crippen molar-refractivity contribution in [3.05, 3.63) is 95.3 Å². The summed E-state index contributed by atoms with van der Waals surface area (Å²) < 4.78 is 14.5. The molecule has 0 bridgehead atoms. The van der Waals surface area contributed by atoms with Crippen LogP contribution in [0, 0.1) is 5.82 Å².